The third-order valence-corrected chi connectivity index (χ3v) is 6.84. The van der Waals surface area contributed by atoms with Crippen molar-refractivity contribution in [1.82, 2.24) is 0 Å². The summed E-state index contributed by atoms with van der Waals surface area (Å²) in [4.78, 5) is 25.0. The summed E-state index contributed by atoms with van der Waals surface area (Å²) < 4.78 is 83.8. The zero-order valence-electron chi connectivity index (χ0n) is 18.5. The van der Waals surface area contributed by atoms with Crippen LogP contribution in [-0.2, 0) is 17.1 Å². The van der Waals surface area contributed by atoms with Gasteiger partial charge < -0.3 is 10.1 Å². The van der Waals surface area contributed by atoms with Crippen LogP contribution in [0.15, 0.2) is 42.5 Å². The molecule has 0 saturated heterocycles. The van der Waals surface area contributed by atoms with Crippen molar-refractivity contribution >= 4 is 17.6 Å². The smallest absolute Gasteiger partial charge is 0.416 e. The van der Waals surface area contributed by atoms with Gasteiger partial charge in [0.15, 0.2) is 0 Å². The Kier molecular flexibility index (Phi) is 6.83. The summed E-state index contributed by atoms with van der Waals surface area (Å²) >= 11 is 0. The number of benzene rings is 2. The highest BCUT2D eigenvalue weighted by molar-refractivity contribution is 6.06. The van der Waals surface area contributed by atoms with E-state index in [2.05, 4.69) is 5.32 Å². The Morgan fingerprint density at radius 1 is 0.943 bits per heavy atom. The van der Waals surface area contributed by atoms with Crippen molar-refractivity contribution in [2.45, 2.75) is 50.9 Å². The van der Waals surface area contributed by atoms with E-state index < -0.39 is 41.0 Å². The second-order valence-corrected chi connectivity index (χ2v) is 9.11. The molecule has 0 heterocycles. The first-order valence-electron chi connectivity index (χ1n) is 11.3. The highest BCUT2D eigenvalue weighted by Gasteiger charge is 2.46. The maximum atomic E-state index is 13.1. The summed E-state index contributed by atoms with van der Waals surface area (Å²) in [5.41, 5.74) is -3.99. The van der Waals surface area contributed by atoms with Crippen molar-refractivity contribution in [2.75, 3.05) is 5.32 Å². The monoisotopic (exact) mass is 499 g/mol. The van der Waals surface area contributed by atoms with E-state index >= 15 is 0 Å². The summed E-state index contributed by atoms with van der Waals surface area (Å²) in [6.45, 7) is 0. The Hall–Kier alpha value is -3.04. The van der Waals surface area contributed by atoms with Crippen LogP contribution in [0.25, 0.3) is 0 Å². The van der Waals surface area contributed by atoms with Crippen LogP contribution in [-0.4, -0.2) is 11.9 Å². The molecule has 0 bridgehead atoms. The van der Waals surface area contributed by atoms with E-state index in [1.165, 1.54) is 43.5 Å². The largest absolute Gasteiger partial charge is 0.426 e. The van der Waals surface area contributed by atoms with Crippen molar-refractivity contribution in [3.05, 3.63) is 59.2 Å². The lowest BCUT2D eigenvalue weighted by Gasteiger charge is -2.53. The van der Waals surface area contributed by atoms with E-state index in [4.69, 9.17) is 4.74 Å². The van der Waals surface area contributed by atoms with Crippen LogP contribution in [0.2, 0.25) is 0 Å². The molecule has 0 aromatic heterocycles. The van der Waals surface area contributed by atoms with Crippen LogP contribution < -0.4 is 10.1 Å². The van der Waals surface area contributed by atoms with Gasteiger partial charge in [0, 0.05) is 12.1 Å². The number of hydrogen-bond donors (Lipinski definition) is 1. The molecule has 10 heteroatoms. The molecule has 4 rings (SSSR count). The minimum atomic E-state index is -5.05. The molecule has 4 nitrogen and oxygen atoms in total. The van der Waals surface area contributed by atoms with E-state index in [1.807, 2.05) is 0 Å². The van der Waals surface area contributed by atoms with E-state index in [9.17, 15) is 35.9 Å². The second kappa shape index (κ2) is 9.54. The number of halogens is 6. The molecule has 3 atom stereocenters. The van der Waals surface area contributed by atoms with Crippen LogP contribution >= 0.6 is 0 Å². The molecule has 1 N–H and O–H groups in total. The lowest BCUT2D eigenvalue weighted by molar-refractivity contribution is -0.143. The summed E-state index contributed by atoms with van der Waals surface area (Å²) in [7, 11) is 0. The van der Waals surface area contributed by atoms with Gasteiger partial charge >= 0.3 is 18.3 Å². The van der Waals surface area contributed by atoms with Crippen molar-refractivity contribution in [2.24, 2.45) is 17.8 Å². The molecule has 0 spiro atoms. The number of rotatable bonds is 7. The maximum absolute atomic E-state index is 13.1. The standard InChI is InChI=1S/C25H23F6NO3/c26-24(27,28)16-11-17(25(29,30)31)13-18(12-16)32-23(34)20-5-1-2-6-21(20)35-22(33)7-3-4-14-10-15-8-9-19(14)15/h1-2,5-6,11-15,19H,3-4,7-10H2,(H,32,34). The van der Waals surface area contributed by atoms with E-state index in [-0.39, 0.29) is 23.8 Å². The molecule has 2 aromatic rings. The highest BCUT2D eigenvalue weighted by atomic mass is 19.4. The first-order chi connectivity index (χ1) is 16.4. The molecule has 2 aromatic carbocycles. The quantitative estimate of drug-likeness (QED) is 0.251. The van der Waals surface area contributed by atoms with E-state index in [0.717, 1.165) is 18.3 Å². The van der Waals surface area contributed by atoms with Gasteiger partial charge in [-0.2, -0.15) is 26.3 Å². The van der Waals surface area contributed by atoms with Crippen molar-refractivity contribution < 1.29 is 40.7 Å². The molecule has 2 aliphatic carbocycles. The molecule has 0 radical (unpaired) electrons. The Morgan fingerprint density at radius 2 is 1.60 bits per heavy atom. The first-order valence-corrected chi connectivity index (χ1v) is 11.3. The number of hydrogen-bond acceptors (Lipinski definition) is 3. The number of alkyl halides is 6. The van der Waals surface area contributed by atoms with Crippen molar-refractivity contribution in [3.63, 3.8) is 0 Å². The minimum absolute atomic E-state index is 0.0277. The van der Waals surface area contributed by atoms with Crippen LogP contribution in [0.5, 0.6) is 5.75 Å². The molecule has 35 heavy (non-hydrogen) atoms. The van der Waals surface area contributed by atoms with Gasteiger partial charge in [-0.3, -0.25) is 9.59 Å². The Bertz CT molecular complexity index is 1080. The lowest BCUT2D eigenvalue weighted by Crippen LogP contribution is -2.44. The van der Waals surface area contributed by atoms with E-state index in [0.29, 0.717) is 24.5 Å². The molecular formula is C25H23F6NO3. The third-order valence-electron chi connectivity index (χ3n) is 6.84. The Balaban J connectivity index is 1.42. The zero-order chi connectivity index (χ0) is 25.4. The number of amides is 1. The van der Waals surface area contributed by atoms with Crippen molar-refractivity contribution in [3.8, 4) is 5.75 Å². The first kappa shape index (κ1) is 25.1. The predicted octanol–water partition coefficient (Wildman–Crippen LogP) is 7.10. The van der Waals surface area contributed by atoms with Gasteiger partial charge in [-0.1, -0.05) is 12.1 Å². The maximum Gasteiger partial charge on any atom is 0.416 e. The van der Waals surface area contributed by atoms with Crippen LogP contribution in [0.3, 0.4) is 0 Å². The fourth-order valence-electron chi connectivity index (χ4n) is 4.86. The summed E-state index contributed by atoms with van der Waals surface area (Å²) in [5, 5.41) is 2.06. The second-order valence-electron chi connectivity index (χ2n) is 9.11. The van der Waals surface area contributed by atoms with Crippen LogP contribution in [0.4, 0.5) is 32.0 Å². The lowest BCUT2D eigenvalue weighted by atomic mass is 9.52. The molecule has 2 fully saturated rings. The topological polar surface area (TPSA) is 55.4 Å². The van der Waals surface area contributed by atoms with Gasteiger partial charge in [0.1, 0.15) is 5.75 Å². The number of anilines is 1. The average molecular weight is 499 g/mol. The van der Waals surface area contributed by atoms with Crippen LogP contribution in [0, 0.1) is 17.8 Å². The molecule has 1 amide bonds. The Morgan fingerprint density at radius 3 is 2.14 bits per heavy atom. The number of nitrogens with one attached hydrogen (secondary N) is 1. The number of para-hydroxylation sites is 1. The number of ether oxygens (including phenoxy) is 1. The van der Waals surface area contributed by atoms with Crippen LogP contribution in [0.1, 0.15) is 60.0 Å². The molecule has 188 valence electrons. The summed E-state index contributed by atoms with van der Waals surface area (Å²) in [6, 6.07) is 6.33. The molecule has 2 saturated carbocycles. The SMILES string of the molecule is O=C(CCCC1CC2CCC12)Oc1ccccc1C(=O)Nc1cc(C(F)(F)F)cc(C(F)(F)F)c1. The van der Waals surface area contributed by atoms with Gasteiger partial charge in [0.25, 0.3) is 5.91 Å². The molecular weight excluding hydrogens is 476 g/mol. The minimum Gasteiger partial charge on any atom is -0.426 e. The fourth-order valence-corrected chi connectivity index (χ4v) is 4.86. The number of carbonyl (C=O) groups excluding carboxylic acids is 2. The Labute approximate surface area is 197 Å². The molecule has 0 aliphatic heterocycles. The van der Waals surface area contributed by atoms with Gasteiger partial charge in [-0.25, -0.2) is 0 Å². The molecule has 2 aliphatic rings. The summed E-state index contributed by atoms with van der Waals surface area (Å²) in [5.74, 6) is 0.583. The fraction of sp³-hybridized carbons (Fsp3) is 0.440. The van der Waals surface area contributed by atoms with Crippen molar-refractivity contribution in [1.29, 1.82) is 0 Å². The number of esters is 1. The molecule has 3 unspecified atom stereocenters. The van der Waals surface area contributed by atoms with Gasteiger partial charge in [0.05, 0.1) is 16.7 Å². The third kappa shape index (κ3) is 5.79. The van der Waals surface area contributed by atoms with Gasteiger partial charge in [-0.15, -0.1) is 0 Å². The van der Waals surface area contributed by atoms with Gasteiger partial charge in [0.2, 0.25) is 0 Å². The van der Waals surface area contributed by atoms with Gasteiger partial charge in [-0.05, 0) is 80.2 Å². The zero-order valence-corrected chi connectivity index (χ0v) is 18.5. The number of fused-ring (bicyclic) bond motifs is 1. The normalized spacial score (nSPS) is 21.4. The average Bonchev–Trinajstić information content (AvgIpc) is 2.75. The predicted molar refractivity (Wildman–Crippen MR) is 115 cm³/mol. The van der Waals surface area contributed by atoms with E-state index in [1.54, 1.807) is 0 Å². The number of carbonyl (C=O) groups is 2. The summed E-state index contributed by atoms with van der Waals surface area (Å²) in [6.07, 6.45) is -4.64. The highest BCUT2D eigenvalue weighted by Crippen LogP contribution is 2.55.